The van der Waals surface area contributed by atoms with Gasteiger partial charge in [0.1, 0.15) is 11.8 Å². The Morgan fingerprint density at radius 2 is 1.85 bits per heavy atom. The molecule has 2 aromatic heterocycles. The summed E-state index contributed by atoms with van der Waals surface area (Å²) >= 11 is 1.62. The summed E-state index contributed by atoms with van der Waals surface area (Å²) in [4.78, 5) is 45.2. The fraction of sp³-hybridized carbons (Fsp3) is 0.375. The Kier molecular flexibility index (Phi) is 7.79. The van der Waals surface area contributed by atoms with E-state index in [9.17, 15) is 14.4 Å². The second-order valence-corrected chi connectivity index (χ2v) is 9.09. The normalized spacial score (nSPS) is 14.7. The molecule has 1 aliphatic rings. The fourth-order valence-electron chi connectivity index (χ4n) is 3.99. The molecule has 3 aromatic rings. The Balaban J connectivity index is 1.31. The first-order chi connectivity index (χ1) is 16.6. The van der Waals surface area contributed by atoms with Crippen LogP contribution in [0.1, 0.15) is 22.5 Å². The summed E-state index contributed by atoms with van der Waals surface area (Å²) < 4.78 is 5.25. The first kappa shape index (κ1) is 23.7. The predicted octanol–water partition coefficient (Wildman–Crippen LogP) is 2.67. The molecule has 34 heavy (non-hydrogen) atoms. The van der Waals surface area contributed by atoms with Crippen LogP contribution < -0.4 is 10.6 Å². The number of urea groups is 1. The number of hydrogen-bond acceptors (Lipinski definition) is 5. The van der Waals surface area contributed by atoms with Crippen LogP contribution in [-0.4, -0.2) is 76.9 Å². The van der Waals surface area contributed by atoms with Gasteiger partial charge in [-0.25, -0.2) is 4.79 Å². The van der Waals surface area contributed by atoms with Crippen LogP contribution in [-0.2, 0) is 11.3 Å². The molecular weight excluding hydrogens is 454 g/mol. The number of fused-ring (bicyclic) bond motifs is 1. The van der Waals surface area contributed by atoms with Crippen LogP contribution >= 0.6 is 11.8 Å². The van der Waals surface area contributed by atoms with E-state index >= 15 is 0 Å². The number of amides is 4. The van der Waals surface area contributed by atoms with Gasteiger partial charge in [-0.15, -0.1) is 0 Å². The number of carbonyl (C=O) groups excluding carboxylic acids is 3. The Hall–Kier alpha value is -3.40. The highest BCUT2D eigenvalue weighted by molar-refractivity contribution is 7.98. The van der Waals surface area contributed by atoms with Gasteiger partial charge in [0.2, 0.25) is 5.91 Å². The summed E-state index contributed by atoms with van der Waals surface area (Å²) in [6.07, 6.45) is 5.78. The highest BCUT2D eigenvalue weighted by atomic mass is 32.2. The lowest BCUT2D eigenvalue weighted by atomic mass is 10.1. The summed E-state index contributed by atoms with van der Waals surface area (Å²) in [5, 5.41) is 6.59. The van der Waals surface area contributed by atoms with Crippen molar-refractivity contribution in [1.29, 1.82) is 0 Å². The van der Waals surface area contributed by atoms with Gasteiger partial charge in [0.15, 0.2) is 0 Å². The number of benzene rings is 1. The molecule has 0 spiro atoms. The van der Waals surface area contributed by atoms with Crippen molar-refractivity contribution in [3.05, 3.63) is 60.2 Å². The number of furan rings is 1. The lowest BCUT2D eigenvalue weighted by Gasteiger charge is -2.35. The molecule has 0 bridgehead atoms. The number of H-pyrrole nitrogens is 1. The van der Waals surface area contributed by atoms with E-state index in [0.29, 0.717) is 43.9 Å². The number of aromatic nitrogens is 1. The Morgan fingerprint density at radius 3 is 2.59 bits per heavy atom. The third kappa shape index (κ3) is 5.56. The van der Waals surface area contributed by atoms with Gasteiger partial charge in [0.25, 0.3) is 5.91 Å². The minimum absolute atomic E-state index is 0.0485. The van der Waals surface area contributed by atoms with Gasteiger partial charge < -0.3 is 29.8 Å². The van der Waals surface area contributed by atoms with Crippen LogP contribution in [0.3, 0.4) is 0 Å². The summed E-state index contributed by atoms with van der Waals surface area (Å²) in [7, 11) is 0. The number of nitrogens with one attached hydrogen (secondary N) is 3. The third-order valence-electron chi connectivity index (χ3n) is 5.92. The lowest BCUT2D eigenvalue weighted by molar-refractivity contribution is -0.123. The summed E-state index contributed by atoms with van der Waals surface area (Å²) in [6, 6.07) is 10.3. The molecule has 1 fully saturated rings. The highest BCUT2D eigenvalue weighted by Gasteiger charge is 2.28. The molecule has 4 rings (SSSR count). The molecule has 0 aliphatic carbocycles. The minimum Gasteiger partial charge on any atom is -0.467 e. The molecule has 10 heteroatoms. The summed E-state index contributed by atoms with van der Waals surface area (Å²) in [6.45, 7) is 1.95. The van der Waals surface area contributed by atoms with Gasteiger partial charge in [-0.1, -0.05) is 18.2 Å². The maximum atomic E-state index is 13.0. The molecule has 180 valence electrons. The molecule has 3 heterocycles. The number of hydrogen-bond donors (Lipinski definition) is 3. The summed E-state index contributed by atoms with van der Waals surface area (Å²) in [5.41, 5.74) is 1.56. The number of piperazine rings is 1. The van der Waals surface area contributed by atoms with E-state index in [1.54, 1.807) is 46.2 Å². The Labute approximate surface area is 202 Å². The van der Waals surface area contributed by atoms with Crippen molar-refractivity contribution >= 4 is 40.5 Å². The molecule has 3 N–H and O–H groups in total. The van der Waals surface area contributed by atoms with E-state index in [4.69, 9.17) is 4.42 Å². The van der Waals surface area contributed by atoms with Crippen molar-refractivity contribution in [2.24, 2.45) is 0 Å². The largest absolute Gasteiger partial charge is 0.467 e. The predicted molar refractivity (Wildman–Crippen MR) is 132 cm³/mol. The van der Waals surface area contributed by atoms with Crippen LogP contribution in [0, 0.1) is 0 Å². The zero-order valence-electron chi connectivity index (χ0n) is 19.1. The fourth-order valence-corrected chi connectivity index (χ4v) is 4.46. The SMILES string of the molecule is CSCC[C@H](NC(=O)N1CCN(C(=O)c2c[nH]c3ccccc23)CC1)C(=O)NCc1ccco1. The van der Waals surface area contributed by atoms with Gasteiger partial charge in [-0.3, -0.25) is 9.59 Å². The minimum atomic E-state index is -0.638. The number of para-hydroxylation sites is 1. The number of thioether (sulfide) groups is 1. The van der Waals surface area contributed by atoms with Crippen molar-refractivity contribution < 1.29 is 18.8 Å². The van der Waals surface area contributed by atoms with Gasteiger partial charge >= 0.3 is 6.03 Å². The molecule has 4 amide bonds. The number of nitrogens with zero attached hydrogens (tertiary/aromatic N) is 2. The average Bonchev–Trinajstić information content (AvgIpc) is 3.54. The van der Waals surface area contributed by atoms with E-state index in [0.717, 1.165) is 16.7 Å². The summed E-state index contributed by atoms with van der Waals surface area (Å²) in [5.74, 6) is 1.10. The smallest absolute Gasteiger partial charge is 0.318 e. The maximum absolute atomic E-state index is 13.0. The van der Waals surface area contributed by atoms with Gasteiger partial charge in [-0.05, 0) is 36.6 Å². The molecule has 9 nitrogen and oxygen atoms in total. The first-order valence-corrected chi connectivity index (χ1v) is 12.7. The maximum Gasteiger partial charge on any atom is 0.318 e. The number of rotatable bonds is 8. The zero-order chi connectivity index (χ0) is 23.9. The van der Waals surface area contributed by atoms with Crippen LogP contribution in [0.25, 0.3) is 10.9 Å². The van der Waals surface area contributed by atoms with Crippen molar-refractivity contribution in [2.45, 2.75) is 19.0 Å². The molecular formula is C24H29N5O4S. The zero-order valence-corrected chi connectivity index (χ0v) is 19.9. The number of carbonyl (C=O) groups is 3. The lowest BCUT2D eigenvalue weighted by Crippen LogP contribution is -2.56. The Morgan fingerprint density at radius 1 is 1.09 bits per heavy atom. The second kappa shape index (κ2) is 11.1. The van der Waals surface area contributed by atoms with Crippen molar-refractivity contribution in [3.8, 4) is 0 Å². The quantitative estimate of drug-likeness (QED) is 0.456. The monoisotopic (exact) mass is 483 g/mol. The molecule has 0 radical (unpaired) electrons. The molecule has 1 aliphatic heterocycles. The molecule has 1 saturated heterocycles. The number of aromatic amines is 1. The van der Waals surface area contributed by atoms with Crippen molar-refractivity contribution in [2.75, 3.05) is 38.2 Å². The first-order valence-electron chi connectivity index (χ1n) is 11.3. The topological polar surface area (TPSA) is 111 Å². The van der Waals surface area contributed by atoms with E-state index < -0.39 is 6.04 Å². The van der Waals surface area contributed by atoms with E-state index in [2.05, 4.69) is 15.6 Å². The van der Waals surface area contributed by atoms with Crippen LogP contribution in [0.5, 0.6) is 0 Å². The highest BCUT2D eigenvalue weighted by Crippen LogP contribution is 2.20. The van der Waals surface area contributed by atoms with Gasteiger partial charge in [0.05, 0.1) is 18.4 Å². The third-order valence-corrected chi connectivity index (χ3v) is 6.56. The van der Waals surface area contributed by atoms with Crippen molar-refractivity contribution in [1.82, 2.24) is 25.4 Å². The average molecular weight is 484 g/mol. The van der Waals surface area contributed by atoms with E-state index in [-0.39, 0.29) is 24.4 Å². The Bertz CT molecular complexity index is 1120. The standard InChI is InChI=1S/C24H29N5O4S/c1-34-14-8-21(22(30)26-15-17-5-4-13-33-17)27-24(32)29-11-9-28(10-12-29)23(31)19-16-25-20-7-3-2-6-18(19)20/h2-7,13,16,21,25H,8-12,14-15H2,1H3,(H,26,30)(H,27,32)/t21-/m0/s1. The van der Waals surface area contributed by atoms with Crippen LogP contribution in [0.2, 0.25) is 0 Å². The molecule has 0 saturated carbocycles. The van der Waals surface area contributed by atoms with Gasteiger partial charge in [-0.2, -0.15) is 11.8 Å². The van der Waals surface area contributed by atoms with Crippen LogP contribution in [0.4, 0.5) is 4.79 Å². The molecule has 1 aromatic carbocycles. The second-order valence-electron chi connectivity index (χ2n) is 8.11. The molecule has 1 atom stereocenters. The van der Waals surface area contributed by atoms with E-state index in [1.165, 1.54) is 0 Å². The van der Waals surface area contributed by atoms with Crippen LogP contribution in [0.15, 0.2) is 53.3 Å². The molecule has 0 unspecified atom stereocenters. The van der Waals surface area contributed by atoms with E-state index in [1.807, 2.05) is 30.5 Å². The van der Waals surface area contributed by atoms with Gasteiger partial charge in [0, 0.05) is 43.3 Å². The van der Waals surface area contributed by atoms with Crippen molar-refractivity contribution in [3.63, 3.8) is 0 Å².